The number of ether oxygens (including phenoxy) is 2. The van der Waals surface area contributed by atoms with Gasteiger partial charge in [-0.15, -0.1) is 11.6 Å². The van der Waals surface area contributed by atoms with Crippen molar-refractivity contribution in [3.05, 3.63) is 17.2 Å². The zero-order valence-corrected chi connectivity index (χ0v) is 10.5. The molecule has 0 fully saturated rings. The minimum absolute atomic E-state index is 0.119. The number of hydrogen-bond donors (Lipinski definition) is 1. The van der Waals surface area contributed by atoms with Gasteiger partial charge < -0.3 is 14.8 Å². The highest BCUT2D eigenvalue weighted by Gasteiger charge is 2.17. The van der Waals surface area contributed by atoms with Crippen molar-refractivity contribution in [2.75, 3.05) is 18.0 Å². The molecule has 0 aromatic heterocycles. The van der Waals surface area contributed by atoms with E-state index in [1.165, 1.54) is 0 Å². The summed E-state index contributed by atoms with van der Waals surface area (Å²) in [5.74, 6) is 1.52. The molecule has 0 radical (unpaired) electrons. The maximum atomic E-state index is 11.5. The SMILES string of the molecule is O=C(CCCCl)Nc1cc2c(cc1Cl)OCO2. The summed E-state index contributed by atoms with van der Waals surface area (Å²) < 4.78 is 10.4. The third-order valence-electron chi connectivity index (χ3n) is 2.27. The average Bonchev–Trinajstić information content (AvgIpc) is 2.74. The number of fused-ring (bicyclic) bond motifs is 1. The molecule has 0 spiro atoms. The maximum Gasteiger partial charge on any atom is 0.231 e. The van der Waals surface area contributed by atoms with Crippen LogP contribution in [0.2, 0.25) is 5.02 Å². The van der Waals surface area contributed by atoms with Gasteiger partial charge in [0.25, 0.3) is 0 Å². The Morgan fingerprint density at radius 1 is 1.35 bits per heavy atom. The van der Waals surface area contributed by atoms with Gasteiger partial charge in [0.15, 0.2) is 11.5 Å². The smallest absolute Gasteiger partial charge is 0.231 e. The highest BCUT2D eigenvalue weighted by Crippen LogP contribution is 2.39. The Hall–Kier alpha value is -1.13. The topological polar surface area (TPSA) is 47.6 Å². The van der Waals surface area contributed by atoms with E-state index in [4.69, 9.17) is 32.7 Å². The molecular formula is C11H11Cl2NO3. The summed E-state index contributed by atoms with van der Waals surface area (Å²) in [6.45, 7) is 0.176. The van der Waals surface area contributed by atoms with Crippen LogP contribution in [-0.2, 0) is 4.79 Å². The predicted molar refractivity (Wildman–Crippen MR) is 66.2 cm³/mol. The van der Waals surface area contributed by atoms with Crippen LogP contribution in [0.25, 0.3) is 0 Å². The van der Waals surface area contributed by atoms with Gasteiger partial charge in [-0.05, 0) is 6.42 Å². The fourth-order valence-corrected chi connectivity index (χ4v) is 1.79. The van der Waals surface area contributed by atoms with Crippen molar-refractivity contribution in [1.82, 2.24) is 0 Å². The standard InChI is InChI=1S/C11H11Cl2NO3/c12-3-1-2-11(15)14-8-5-10-9(4-7(8)13)16-6-17-10/h4-5H,1-3,6H2,(H,14,15). The number of carbonyl (C=O) groups is 1. The van der Waals surface area contributed by atoms with E-state index in [2.05, 4.69) is 5.32 Å². The van der Waals surface area contributed by atoms with Crippen molar-refractivity contribution >= 4 is 34.8 Å². The first-order valence-corrected chi connectivity index (χ1v) is 6.07. The molecule has 0 atom stereocenters. The molecular weight excluding hydrogens is 265 g/mol. The van der Waals surface area contributed by atoms with Crippen LogP contribution in [0.15, 0.2) is 12.1 Å². The Balaban J connectivity index is 2.08. The first-order chi connectivity index (χ1) is 8.20. The Morgan fingerprint density at radius 2 is 2.06 bits per heavy atom. The number of carbonyl (C=O) groups excluding carboxylic acids is 1. The molecule has 92 valence electrons. The monoisotopic (exact) mass is 275 g/mol. The molecule has 0 aliphatic carbocycles. The molecule has 1 aliphatic heterocycles. The lowest BCUT2D eigenvalue weighted by Crippen LogP contribution is -2.11. The fraction of sp³-hybridized carbons (Fsp3) is 0.364. The molecule has 17 heavy (non-hydrogen) atoms. The zero-order chi connectivity index (χ0) is 12.3. The molecule has 1 aromatic rings. The number of anilines is 1. The second kappa shape index (κ2) is 5.47. The molecule has 2 rings (SSSR count). The van der Waals surface area contributed by atoms with Crippen molar-refractivity contribution < 1.29 is 14.3 Å². The summed E-state index contributed by atoms with van der Waals surface area (Å²) in [6.07, 6.45) is 1.00. The van der Waals surface area contributed by atoms with Crippen molar-refractivity contribution in [3.8, 4) is 11.5 Å². The zero-order valence-electron chi connectivity index (χ0n) is 8.96. The minimum Gasteiger partial charge on any atom is -0.454 e. The molecule has 0 unspecified atom stereocenters. The van der Waals surface area contributed by atoms with E-state index in [1.54, 1.807) is 12.1 Å². The molecule has 0 saturated heterocycles. The van der Waals surface area contributed by atoms with E-state index in [1.807, 2.05) is 0 Å². The second-order valence-electron chi connectivity index (χ2n) is 3.53. The number of benzene rings is 1. The summed E-state index contributed by atoms with van der Waals surface area (Å²) in [5.41, 5.74) is 0.524. The Kier molecular flexibility index (Phi) is 3.97. The van der Waals surface area contributed by atoms with Gasteiger partial charge in [-0.3, -0.25) is 4.79 Å². The van der Waals surface area contributed by atoms with Gasteiger partial charge in [0.05, 0.1) is 10.7 Å². The quantitative estimate of drug-likeness (QED) is 0.860. The van der Waals surface area contributed by atoms with E-state index in [-0.39, 0.29) is 12.7 Å². The third kappa shape index (κ3) is 2.96. The van der Waals surface area contributed by atoms with Gasteiger partial charge in [-0.25, -0.2) is 0 Å². The van der Waals surface area contributed by atoms with E-state index in [0.29, 0.717) is 40.9 Å². The van der Waals surface area contributed by atoms with Crippen LogP contribution in [0, 0.1) is 0 Å². The summed E-state index contributed by atoms with van der Waals surface area (Å²) >= 11 is 11.5. The fourth-order valence-electron chi connectivity index (χ4n) is 1.45. The molecule has 0 bridgehead atoms. The lowest BCUT2D eigenvalue weighted by molar-refractivity contribution is -0.116. The molecule has 4 nitrogen and oxygen atoms in total. The normalized spacial score (nSPS) is 12.6. The largest absolute Gasteiger partial charge is 0.454 e. The number of alkyl halides is 1. The van der Waals surface area contributed by atoms with Crippen LogP contribution in [0.4, 0.5) is 5.69 Å². The molecule has 1 heterocycles. The van der Waals surface area contributed by atoms with Crippen molar-refractivity contribution in [2.24, 2.45) is 0 Å². The number of rotatable bonds is 4. The second-order valence-corrected chi connectivity index (χ2v) is 4.31. The molecule has 0 saturated carbocycles. The summed E-state index contributed by atoms with van der Waals surface area (Å²) in [5, 5.41) is 3.13. The number of halogens is 2. The van der Waals surface area contributed by atoms with Crippen LogP contribution < -0.4 is 14.8 Å². The molecule has 1 aliphatic rings. The number of nitrogens with one attached hydrogen (secondary N) is 1. The first-order valence-electron chi connectivity index (χ1n) is 5.15. The van der Waals surface area contributed by atoms with E-state index in [0.717, 1.165) is 0 Å². The van der Waals surface area contributed by atoms with Crippen LogP contribution in [0.1, 0.15) is 12.8 Å². The number of amides is 1. The third-order valence-corrected chi connectivity index (χ3v) is 2.85. The number of hydrogen-bond acceptors (Lipinski definition) is 3. The first kappa shape index (κ1) is 12.3. The summed E-state index contributed by atoms with van der Waals surface area (Å²) in [6, 6.07) is 3.28. The van der Waals surface area contributed by atoms with Gasteiger partial charge in [0.1, 0.15) is 0 Å². The Morgan fingerprint density at radius 3 is 2.76 bits per heavy atom. The van der Waals surface area contributed by atoms with E-state index < -0.39 is 0 Å². The molecule has 1 amide bonds. The Labute approximate surface area is 109 Å². The van der Waals surface area contributed by atoms with E-state index in [9.17, 15) is 4.79 Å². The van der Waals surface area contributed by atoms with Crippen molar-refractivity contribution in [1.29, 1.82) is 0 Å². The highest BCUT2D eigenvalue weighted by atomic mass is 35.5. The minimum atomic E-state index is -0.119. The van der Waals surface area contributed by atoms with Gasteiger partial charge in [-0.2, -0.15) is 0 Å². The van der Waals surface area contributed by atoms with Gasteiger partial charge in [0, 0.05) is 24.4 Å². The average molecular weight is 276 g/mol. The van der Waals surface area contributed by atoms with Gasteiger partial charge in [-0.1, -0.05) is 11.6 Å². The van der Waals surface area contributed by atoms with Gasteiger partial charge in [0.2, 0.25) is 12.7 Å². The lowest BCUT2D eigenvalue weighted by Gasteiger charge is -2.07. The van der Waals surface area contributed by atoms with E-state index >= 15 is 0 Å². The lowest BCUT2D eigenvalue weighted by atomic mass is 10.2. The molecule has 1 aromatic carbocycles. The van der Waals surface area contributed by atoms with Crippen LogP contribution in [0.5, 0.6) is 11.5 Å². The van der Waals surface area contributed by atoms with Crippen molar-refractivity contribution in [2.45, 2.75) is 12.8 Å². The van der Waals surface area contributed by atoms with Crippen molar-refractivity contribution in [3.63, 3.8) is 0 Å². The maximum absolute atomic E-state index is 11.5. The van der Waals surface area contributed by atoms with Crippen LogP contribution in [-0.4, -0.2) is 18.6 Å². The highest BCUT2D eigenvalue weighted by molar-refractivity contribution is 6.34. The molecule has 6 heteroatoms. The summed E-state index contributed by atoms with van der Waals surface area (Å²) in [4.78, 5) is 11.5. The van der Waals surface area contributed by atoms with Crippen LogP contribution >= 0.6 is 23.2 Å². The summed E-state index contributed by atoms with van der Waals surface area (Å²) in [7, 11) is 0. The molecule has 1 N–H and O–H groups in total. The van der Waals surface area contributed by atoms with Crippen LogP contribution in [0.3, 0.4) is 0 Å². The predicted octanol–water partition coefficient (Wildman–Crippen LogP) is 3.03. The van der Waals surface area contributed by atoms with Gasteiger partial charge >= 0.3 is 0 Å². The Bertz CT molecular complexity index is 437.